The average molecular weight is 273 g/mol. The molecule has 1 amide bonds. The molecule has 0 aromatic heterocycles. The first-order chi connectivity index (χ1) is 8.79. The average Bonchev–Trinajstić information content (AvgIpc) is 2.90. The predicted octanol–water partition coefficient (Wildman–Crippen LogP) is 2.34. The fourth-order valence-corrected chi connectivity index (χ4v) is 3.36. The molecule has 0 unspecified atom stereocenters. The number of hydrogen-bond donors (Lipinski definition) is 0. The maximum Gasteiger partial charge on any atom is 0.222 e. The number of amides is 1. The van der Waals surface area contributed by atoms with E-state index in [1.165, 1.54) is 25.7 Å². The van der Waals surface area contributed by atoms with Crippen LogP contribution in [0.5, 0.6) is 0 Å². The van der Waals surface area contributed by atoms with E-state index >= 15 is 0 Å². The monoisotopic (exact) mass is 272 g/mol. The lowest BCUT2D eigenvalue weighted by molar-refractivity contribution is -0.133. The molecule has 18 heavy (non-hydrogen) atoms. The molecule has 0 aromatic rings. The van der Waals surface area contributed by atoms with Gasteiger partial charge in [-0.25, -0.2) is 0 Å². The smallest absolute Gasteiger partial charge is 0.222 e. The summed E-state index contributed by atoms with van der Waals surface area (Å²) in [5.41, 5.74) is 0. The van der Waals surface area contributed by atoms with Crippen molar-refractivity contribution in [1.29, 1.82) is 0 Å². The molecule has 0 radical (unpaired) electrons. The summed E-state index contributed by atoms with van der Waals surface area (Å²) in [4.78, 5) is 16.5. The lowest BCUT2D eigenvalue weighted by Crippen LogP contribution is -2.49. The largest absolute Gasteiger partial charge is 0.340 e. The minimum absolute atomic E-state index is 0.368. The van der Waals surface area contributed by atoms with Crippen molar-refractivity contribution in [1.82, 2.24) is 9.80 Å². The van der Waals surface area contributed by atoms with Gasteiger partial charge in [0.1, 0.15) is 0 Å². The Labute approximate surface area is 115 Å². The zero-order chi connectivity index (χ0) is 12.8. The SMILES string of the molecule is O=C(CCC1CCCC1)N1CCN(CCCl)CC1. The number of halogens is 1. The van der Waals surface area contributed by atoms with E-state index in [2.05, 4.69) is 4.90 Å². The third-order valence-electron chi connectivity index (χ3n) is 4.37. The zero-order valence-corrected chi connectivity index (χ0v) is 12.0. The molecular formula is C14H25ClN2O. The quantitative estimate of drug-likeness (QED) is 0.718. The second-order valence-electron chi connectivity index (χ2n) is 5.60. The zero-order valence-electron chi connectivity index (χ0n) is 11.2. The Morgan fingerprint density at radius 2 is 1.78 bits per heavy atom. The van der Waals surface area contributed by atoms with E-state index in [0.717, 1.165) is 51.5 Å². The topological polar surface area (TPSA) is 23.6 Å². The Bertz CT molecular complexity index is 259. The third-order valence-corrected chi connectivity index (χ3v) is 4.54. The van der Waals surface area contributed by atoms with Gasteiger partial charge in [0.15, 0.2) is 0 Å². The molecule has 0 atom stereocenters. The van der Waals surface area contributed by atoms with Gasteiger partial charge in [-0.1, -0.05) is 25.7 Å². The normalized spacial score (nSPS) is 22.6. The molecule has 0 bridgehead atoms. The van der Waals surface area contributed by atoms with E-state index in [-0.39, 0.29) is 0 Å². The van der Waals surface area contributed by atoms with Crippen molar-refractivity contribution in [2.45, 2.75) is 38.5 Å². The maximum atomic E-state index is 12.1. The number of rotatable bonds is 5. The number of piperazine rings is 1. The van der Waals surface area contributed by atoms with Crippen molar-refractivity contribution in [2.24, 2.45) is 5.92 Å². The first-order valence-electron chi connectivity index (χ1n) is 7.35. The summed E-state index contributed by atoms with van der Waals surface area (Å²) >= 11 is 5.73. The van der Waals surface area contributed by atoms with Gasteiger partial charge in [0.2, 0.25) is 5.91 Å². The van der Waals surface area contributed by atoms with Crippen molar-refractivity contribution < 1.29 is 4.79 Å². The molecule has 2 aliphatic rings. The fraction of sp³-hybridized carbons (Fsp3) is 0.929. The van der Waals surface area contributed by atoms with Crippen LogP contribution in [0.25, 0.3) is 0 Å². The summed E-state index contributed by atoms with van der Waals surface area (Å²) in [7, 11) is 0. The molecule has 104 valence electrons. The summed E-state index contributed by atoms with van der Waals surface area (Å²) in [5.74, 6) is 1.88. The first kappa shape index (κ1) is 14.1. The Balaban J connectivity index is 1.64. The minimum Gasteiger partial charge on any atom is -0.340 e. The van der Waals surface area contributed by atoms with Gasteiger partial charge < -0.3 is 4.90 Å². The van der Waals surface area contributed by atoms with E-state index < -0.39 is 0 Å². The number of hydrogen-bond acceptors (Lipinski definition) is 2. The van der Waals surface area contributed by atoms with E-state index in [9.17, 15) is 4.79 Å². The molecule has 1 aliphatic heterocycles. The first-order valence-corrected chi connectivity index (χ1v) is 7.89. The van der Waals surface area contributed by atoms with E-state index in [0.29, 0.717) is 11.8 Å². The standard InChI is InChI=1S/C14H25ClN2O/c15-7-8-16-9-11-17(12-10-16)14(18)6-5-13-3-1-2-4-13/h13H,1-12H2. The van der Waals surface area contributed by atoms with Gasteiger partial charge in [0, 0.05) is 45.0 Å². The maximum absolute atomic E-state index is 12.1. The van der Waals surface area contributed by atoms with Crippen LogP contribution in [0.1, 0.15) is 38.5 Å². The summed E-state index contributed by atoms with van der Waals surface area (Å²) in [6.45, 7) is 4.70. The molecule has 3 nitrogen and oxygen atoms in total. The van der Waals surface area contributed by atoms with Crippen LogP contribution in [-0.4, -0.2) is 54.3 Å². The Hall–Kier alpha value is -0.280. The van der Waals surface area contributed by atoms with Gasteiger partial charge in [-0.15, -0.1) is 11.6 Å². The highest BCUT2D eigenvalue weighted by atomic mass is 35.5. The van der Waals surface area contributed by atoms with Gasteiger partial charge in [-0.05, 0) is 12.3 Å². The van der Waals surface area contributed by atoms with E-state index in [1.807, 2.05) is 4.90 Å². The van der Waals surface area contributed by atoms with E-state index in [4.69, 9.17) is 11.6 Å². The van der Waals surface area contributed by atoms with E-state index in [1.54, 1.807) is 0 Å². The molecule has 0 aromatic carbocycles. The van der Waals surface area contributed by atoms with Crippen LogP contribution >= 0.6 is 11.6 Å². The van der Waals surface area contributed by atoms with Gasteiger partial charge in [0.05, 0.1) is 0 Å². The highest BCUT2D eigenvalue weighted by Gasteiger charge is 2.22. The number of carbonyl (C=O) groups is 1. The Morgan fingerprint density at radius 3 is 2.39 bits per heavy atom. The molecule has 0 spiro atoms. The predicted molar refractivity (Wildman–Crippen MR) is 74.9 cm³/mol. The summed E-state index contributed by atoms with van der Waals surface area (Å²) in [5, 5.41) is 0. The lowest BCUT2D eigenvalue weighted by atomic mass is 10.0. The van der Waals surface area contributed by atoms with Crippen molar-refractivity contribution in [3.05, 3.63) is 0 Å². The molecule has 2 rings (SSSR count). The lowest BCUT2D eigenvalue weighted by Gasteiger charge is -2.34. The summed E-state index contributed by atoms with van der Waals surface area (Å²) < 4.78 is 0. The molecular weight excluding hydrogens is 248 g/mol. The number of alkyl halides is 1. The van der Waals surface area contributed by atoms with Crippen molar-refractivity contribution in [2.75, 3.05) is 38.6 Å². The molecule has 1 heterocycles. The number of carbonyl (C=O) groups excluding carboxylic acids is 1. The van der Waals surface area contributed by atoms with Crippen LogP contribution in [0, 0.1) is 5.92 Å². The highest BCUT2D eigenvalue weighted by Crippen LogP contribution is 2.28. The van der Waals surface area contributed by atoms with Gasteiger partial charge in [-0.3, -0.25) is 9.69 Å². The van der Waals surface area contributed by atoms with Crippen molar-refractivity contribution in [3.63, 3.8) is 0 Å². The molecule has 0 N–H and O–H groups in total. The molecule has 1 saturated heterocycles. The second kappa shape index (κ2) is 7.34. The van der Waals surface area contributed by atoms with Gasteiger partial charge >= 0.3 is 0 Å². The molecule has 1 aliphatic carbocycles. The van der Waals surface area contributed by atoms with Crippen LogP contribution in [-0.2, 0) is 4.79 Å². The summed E-state index contributed by atoms with van der Waals surface area (Å²) in [6, 6.07) is 0. The highest BCUT2D eigenvalue weighted by molar-refractivity contribution is 6.18. The third kappa shape index (κ3) is 4.13. The van der Waals surface area contributed by atoms with Crippen molar-refractivity contribution >= 4 is 17.5 Å². The molecule has 1 saturated carbocycles. The minimum atomic E-state index is 0.368. The van der Waals surface area contributed by atoms with Gasteiger partial charge in [0.25, 0.3) is 0 Å². The van der Waals surface area contributed by atoms with Crippen LogP contribution in [0.15, 0.2) is 0 Å². The number of nitrogens with zero attached hydrogens (tertiary/aromatic N) is 2. The summed E-state index contributed by atoms with van der Waals surface area (Å²) in [6.07, 6.45) is 7.31. The Morgan fingerprint density at radius 1 is 1.11 bits per heavy atom. The van der Waals surface area contributed by atoms with Crippen molar-refractivity contribution in [3.8, 4) is 0 Å². The second-order valence-corrected chi connectivity index (χ2v) is 5.98. The molecule has 2 fully saturated rings. The van der Waals surface area contributed by atoms with Crippen LogP contribution in [0.3, 0.4) is 0 Å². The fourth-order valence-electron chi connectivity index (χ4n) is 3.13. The van der Waals surface area contributed by atoms with Gasteiger partial charge in [-0.2, -0.15) is 0 Å². The van der Waals surface area contributed by atoms with Crippen LogP contribution in [0.2, 0.25) is 0 Å². The van der Waals surface area contributed by atoms with Crippen LogP contribution in [0.4, 0.5) is 0 Å². The molecule has 4 heteroatoms. The Kier molecular flexibility index (Phi) is 5.77. The van der Waals surface area contributed by atoms with Crippen LogP contribution < -0.4 is 0 Å².